The molecule has 5 heteroatoms. The molecule has 2 fully saturated rings. The van der Waals surface area contributed by atoms with Crippen molar-refractivity contribution in [2.75, 3.05) is 25.2 Å². The number of rotatable bonds is 3. The molecule has 1 N–H and O–H groups in total. The van der Waals surface area contributed by atoms with Gasteiger partial charge in [0, 0.05) is 12.4 Å². The van der Waals surface area contributed by atoms with Crippen LogP contribution >= 0.6 is 11.8 Å². The SMILES string of the molecule is CNC(c1ccc(F)cn1)C1CCOC2(CCSC2)C1. The summed E-state index contributed by atoms with van der Waals surface area (Å²) in [6.07, 6.45) is 4.57. The summed E-state index contributed by atoms with van der Waals surface area (Å²) in [7, 11) is 1.96. The number of ether oxygens (including phenoxy) is 1. The van der Waals surface area contributed by atoms with Gasteiger partial charge >= 0.3 is 0 Å². The van der Waals surface area contributed by atoms with Crippen LogP contribution in [0.3, 0.4) is 0 Å². The largest absolute Gasteiger partial charge is 0.374 e. The lowest BCUT2D eigenvalue weighted by atomic mass is 9.80. The zero-order valence-electron chi connectivity index (χ0n) is 11.8. The summed E-state index contributed by atoms with van der Waals surface area (Å²) in [4.78, 5) is 4.26. The van der Waals surface area contributed by atoms with Crippen molar-refractivity contribution < 1.29 is 9.13 Å². The minimum absolute atomic E-state index is 0.0721. The molecule has 0 radical (unpaired) electrons. The summed E-state index contributed by atoms with van der Waals surface area (Å²) in [5, 5.41) is 3.37. The minimum atomic E-state index is -0.278. The molecule has 3 nitrogen and oxygen atoms in total. The number of hydrogen-bond acceptors (Lipinski definition) is 4. The summed E-state index contributed by atoms with van der Waals surface area (Å²) in [5.41, 5.74) is 1.00. The lowest BCUT2D eigenvalue weighted by Gasteiger charge is -2.40. The van der Waals surface area contributed by atoms with Gasteiger partial charge in [0.15, 0.2) is 0 Å². The Hall–Kier alpha value is -0.650. The van der Waals surface area contributed by atoms with Crippen LogP contribution in [0.15, 0.2) is 18.3 Å². The Kier molecular flexibility index (Phi) is 4.29. The summed E-state index contributed by atoms with van der Waals surface area (Å²) >= 11 is 1.99. The Morgan fingerprint density at radius 2 is 2.45 bits per heavy atom. The Labute approximate surface area is 123 Å². The van der Waals surface area contributed by atoms with E-state index in [1.165, 1.54) is 18.0 Å². The highest BCUT2D eigenvalue weighted by atomic mass is 32.2. The van der Waals surface area contributed by atoms with Crippen LogP contribution in [0.5, 0.6) is 0 Å². The van der Waals surface area contributed by atoms with Gasteiger partial charge in [-0.2, -0.15) is 11.8 Å². The standard InChI is InChI=1S/C15H21FN2OS/c1-17-14(13-3-2-12(16)9-18-13)11-4-6-19-15(8-11)5-7-20-10-15/h2-3,9,11,14,17H,4-8,10H2,1H3. The second-order valence-corrected chi connectivity index (χ2v) is 6.86. The second-order valence-electron chi connectivity index (χ2n) is 5.75. The fourth-order valence-electron chi connectivity index (χ4n) is 3.41. The van der Waals surface area contributed by atoms with Crippen LogP contribution < -0.4 is 5.32 Å². The monoisotopic (exact) mass is 296 g/mol. The molecule has 0 bridgehead atoms. The van der Waals surface area contributed by atoms with Gasteiger partial charge in [0.05, 0.1) is 23.5 Å². The molecule has 0 saturated carbocycles. The molecule has 3 rings (SSSR count). The van der Waals surface area contributed by atoms with Crippen LogP contribution in [0, 0.1) is 11.7 Å². The van der Waals surface area contributed by atoms with Crippen molar-refractivity contribution >= 4 is 11.8 Å². The maximum Gasteiger partial charge on any atom is 0.141 e. The van der Waals surface area contributed by atoms with Crippen molar-refractivity contribution in [3.8, 4) is 0 Å². The van der Waals surface area contributed by atoms with E-state index < -0.39 is 0 Å². The third-order valence-corrected chi connectivity index (χ3v) is 5.67. The minimum Gasteiger partial charge on any atom is -0.374 e. The summed E-state index contributed by atoms with van der Waals surface area (Å²) in [6.45, 7) is 0.824. The van der Waals surface area contributed by atoms with Crippen LogP contribution in [-0.4, -0.2) is 35.7 Å². The van der Waals surface area contributed by atoms with Crippen molar-refractivity contribution in [2.24, 2.45) is 5.92 Å². The molecule has 2 saturated heterocycles. The first-order valence-electron chi connectivity index (χ1n) is 7.23. The van der Waals surface area contributed by atoms with Gasteiger partial charge in [-0.3, -0.25) is 4.98 Å². The first kappa shape index (κ1) is 14.3. The zero-order valence-corrected chi connectivity index (χ0v) is 12.6. The third-order valence-electron chi connectivity index (χ3n) is 4.45. The quantitative estimate of drug-likeness (QED) is 0.930. The van der Waals surface area contributed by atoms with E-state index in [1.807, 2.05) is 18.8 Å². The lowest BCUT2D eigenvalue weighted by molar-refractivity contribution is -0.0852. The molecule has 20 heavy (non-hydrogen) atoms. The topological polar surface area (TPSA) is 34.2 Å². The molecule has 3 heterocycles. The van der Waals surface area contributed by atoms with Gasteiger partial charge < -0.3 is 10.1 Å². The van der Waals surface area contributed by atoms with Crippen molar-refractivity contribution in [3.63, 3.8) is 0 Å². The Morgan fingerprint density at radius 1 is 1.55 bits per heavy atom. The molecule has 2 aliphatic heterocycles. The molecule has 0 aromatic carbocycles. The molecule has 2 aliphatic rings. The number of pyridine rings is 1. The summed E-state index contributed by atoms with van der Waals surface area (Å²) in [5.74, 6) is 2.53. The molecular formula is C15H21FN2OS. The first-order chi connectivity index (χ1) is 9.72. The van der Waals surface area contributed by atoms with Crippen LogP contribution in [0.1, 0.15) is 31.0 Å². The van der Waals surface area contributed by atoms with Gasteiger partial charge in [0.25, 0.3) is 0 Å². The molecule has 1 aromatic heterocycles. The lowest BCUT2D eigenvalue weighted by Crippen LogP contribution is -2.43. The first-order valence-corrected chi connectivity index (χ1v) is 8.38. The zero-order chi connectivity index (χ0) is 14.0. The van der Waals surface area contributed by atoms with Gasteiger partial charge in [-0.1, -0.05) is 0 Å². The number of hydrogen-bond donors (Lipinski definition) is 1. The van der Waals surface area contributed by atoms with E-state index in [9.17, 15) is 4.39 Å². The second kappa shape index (κ2) is 6.00. The number of aromatic nitrogens is 1. The van der Waals surface area contributed by atoms with Crippen molar-refractivity contribution in [1.29, 1.82) is 0 Å². The maximum atomic E-state index is 13.0. The van der Waals surface area contributed by atoms with Gasteiger partial charge in [0.1, 0.15) is 5.82 Å². The van der Waals surface area contributed by atoms with E-state index in [0.29, 0.717) is 5.92 Å². The number of thioether (sulfide) groups is 1. The summed E-state index contributed by atoms with van der Waals surface area (Å²) in [6, 6.07) is 3.47. The van der Waals surface area contributed by atoms with E-state index in [-0.39, 0.29) is 17.5 Å². The van der Waals surface area contributed by atoms with Gasteiger partial charge in [0.2, 0.25) is 0 Å². The highest BCUT2D eigenvalue weighted by Crippen LogP contribution is 2.43. The number of nitrogens with one attached hydrogen (secondary N) is 1. The smallest absolute Gasteiger partial charge is 0.141 e. The fourth-order valence-corrected chi connectivity index (χ4v) is 4.79. The predicted molar refractivity (Wildman–Crippen MR) is 79.3 cm³/mol. The van der Waals surface area contributed by atoms with Crippen LogP contribution in [-0.2, 0) is 4.74 Å². The third kappa shape index (κ3) is 2.85. The number of nitrogens with zero attached hydrogens (tertiary/aromatic N) is 1. The molecular weight excluding hydrogens is 275 g/mol. The van der Waals surface area contributed by atoms with E-state index in [0.717, 1.165) is 37.3 Å². The molecule has 110 valence electrons. The van der Waals surface area contributed by atoms with Gasteiger partial charge in [-0.05, 0) is 50.1 Å². The van der Waals surface area contributed by atoms with Gasteiger partial charge in [-0.15, -0.1) is 0 Å². The summed E-state index contributed by atoms with van der Waals surface area (Å²) < 4.78 is 19.1. The number of halogens is 1. The molecule has 0 amide bonds. The van der Waals surface area contributed by atoms with Gasteiger partial charge in [-0.25, -0.2) is 4.39 Å². The van der Waals surface area contributed by atoms with E-state index in [1.54, 1.807) is 6.07 Å². The predicted octanol–water partition coefficient (Wildman–Crippen LogP) is 2.78. The van der Waals surface area contributed by atoms with E-state index in [2.05, 4.69) is 10.3 Å². The Morgan fingerprint density at radius 3 is 3.10 bits per heavy atom. The molecule has 1 aromatic rings. The molecule has 1 spiro atoms. The van der Waals surface area contributed by atoms with Crippen LogP contribution in [0.4, 0.5) is 4.39 Å². The van der Waals surface area contributed by atoms with E-state index >= 15 is 0 Å². The van der Waals surface area contributed by atoms with Crippen molar-refractivity contribution in [2.45, 2.75) is 30.9 Å². The van der Waals surface area contributed by atoms with E-state index in [4.69, 9.17) is 4.74 Å². The van der Waals surface area contributed by atoms with Crippen molar-refractivity contribution in [3.05, 3.63) is 29.8 Å². The molecule has 0 aliphatic carbocycles. The Balaban J connectivity index is 1.76. The highest BCUT2D eigenvalue weighted by Gasteiger charge is 2.42. The molecule has 3 atom stereocenters. The molecule has 3 unspecified atom stereocenters. The normalized spacial score (nSPS) is 31.6. The average molecular weight is 296 g/mol. The van der Waals surface area contributed by atoms with Crippen LogP contribution in [0.25, 0.3) is 0 Å². The Bertz CT molecular complexity index is 448. The van der Waals surface area contributed by atoms with Crippen LogP contribution in [0.2, 0.25) is 0 Å². The van der Waals surface area contributed by atoms with Crippen molar-refractivity contribution in [1.82, 2.24) is 10.3 Å². The maximum absolute atomic E-state index is 13.0. The fraction of sp³-hybridized carbons (Fsp3) is 0.667. The highest BCUT2D eigenvalue weighted by molar-refractivity contribution is 7.99. The average Bonchev–Trinajstić information content (AvgIpc) is 2.90.